The molecule has 1 aliphatic carbocycles. The summed E-state index contributed by atoms with van der Waals surface area (Å²) in [5.74, 6) is 0.748. The molecule has 102 valence electrons. The fourth-order valence-electron chi connectivity index (χ4n) is 3.08. The molecule has 3 unspecified atom stereocenters. The fourth-order valence-corrected chi connectivity index (χ4v) is 3.37. The van der Waals surface area contributed by atoms with Crippen LogP contribution in [0.5, 0.6) is 0 Å². The highest BCUT2D eigenvalue weighted by Gasteiger charge is 2.44. The smallest absolute Gasteiger partial charge is 0.110 e. The van der Waals surface area contributed by atoms with E-state index in [2.05, 4.69) is 32.8 Å². The van der Waals surface area contributed by atoms with Gasteiger partial charge in [0.1, 0.15) is 5.60 Å². The molecule has 18 heavy (non-hydrogen) atoms. The van der Waals surface area contributed by atoms with Crippen LogP contribution in [0.15, 0.2) is 6.20 Å². The average molecular weight is 271 g/mol. The Bertz CT molecular complexity index is 429. The van der Waals surface area contributed by atoms with Crippen molar-refractivity contribution in [2.45, 2.75) is 58.6 Å². The van der Waals surface area contributed by atoms with Crippen molar-refractivity contribution in [3.05, 3.63) is 16.9 Å². The van der Waals surface area contributed by atoms with Crippen molar-refractivity contribution < 1.29 is 5.11 Å². The first-order valence-electron chi connectivity index (χ1n) is 6.82. The summed E-state index contributed by atoms with van der Waals surface area (Å²) in [6, 6.07) is 0.209. The Balaban J connectivity index is 2.48. The van der Waals surface area contributed by atoms with Gasteiger partial charge in [0.25, 0.3) is 0 Å². The highest BCUT2D eigenvalue weighted by Crippen LogP contribution is 2.46. The minimum absolute atomic E-state index is 0.209. The molecule has 3 atom stereocenters. The second kappa shape index (κ2) is 4.86. The first-order valence-corrected chi connectivity index (χ1v) is 7.20. The van der Waals surface area contributed by atoms with Crippen LogP contribution in [0.1, 0.15) is 58.7 Å². The Morgan fingerprint density at radius 2 is 2.11 bits per heavy atom. The highest BCUT2D eigenvalue weighted by atomic mass is 35.5. The molecule has 0 aromatic carbocycles. The number of halogens is 1. The van der Waals surface area contributed by atoms with Gasteiger partial charge in [-0.3, -0.25) is 4.68 Å². The van der Waals surface area contributed by atoms with Gasteiger partial charge >= 0.3 is 0 Å². The zero-order valence-electron chi connectivity index (χ0n) is 11.7. The molecular formula is C14H23ClN2O. The topological polar surface area (TPSA) is 38.1 Å². The van der Waals surface area contributed by atoms with Gasteiger partial charge in [-0.2, -0.15) is 5.10 Å². The van der Waals surface area contributed by atoms with E-state index in [9.17, 15) is 5.11 Å². The summed E-state index contributed by atoms with van der Waals surface area (Å²) in [6.45, 7) is 8.43. The third-order valence-electron chi connectivity index (χ3n) is 4.22. The lowest BCUT2D eigenvalue weighted by Crippen LogP contribution is -2.41. The van der Waals surface area contributed by atoms with Gasteiger partial charge in [0.15, 0.2) is 0 Å². The molecule has 1 aromatic heterocycles. The molecule has 1 aromatic rings. The van der Waals surface area contributed by atoms with Crippen molar-refractivity contribution in [2.75, 3.05) is 0 Å². The first kappa shape index (κ1) is 13.9. The summed E-state index contributed by atoms with van der Waals surface area (Å²) in [5.41, 5.74) is -0.0339. The van der Waals surface area contributed by atoms with E-state index >= 15 is 0 Å². The maximum absolute atomic E-state index is 11.1. The Labute approximate surface area is 114 Å². The molecule has 0 radical (unpaired) electrons. The predicted molar refractivity (Wildman–Crippen MR) is 73.7 cm³/mol. The Morgan fingerprint density at radius 1 is 1.44 bits per heavy atom. The van der Waals surface area contributed by atoms with Gasteiger partial charge in [0.05, 0.1) is 16.9 Å². The summed E-state index contributed by atoms with van der Waals surface area (Å²) in [6.07, 6.45) is 4.64. The Morgan fingerprint density at radius 3 is 2.72 bits per heavy atom. The summed E-state index contributed by atoms with van der Waals surface area (Å²) in [4.78, 5) is 0. The van der Waals surface area contributed by atoms with Crippen LogP contribution in [0, 0.1) is 11.8 Å². The van der Waals surface area contributed by atoms with Gasteiger partial charge in [-0.25, -0.2) is 0 Å². The number of aliphatic hydroxyl groups is 1. The number of rotatable bonds is 2. The van der Waals surface area contributed by atoms with Gasteiger partial charge in [0.2, 0.25) is 0 Å². The zero-order valence-corrected chi connectivity index (χ0v) is 12.4. The summed E-state index contributed by atoms with van der Waals surface area (Å²) >= 11 is 6.28. The lowest BCUT2D eigenvalue weighted by atomic mass is 9.70. The van der Waals surface area contributed by atoms with Gasteiger partial charge in [-0.15, -0.1) is 0 Å². The SMILES string of the molecule is CC1CCC(C)C(O)(c2c(Cl)cnn2C(C)C)C1. The van der Waals surface area contributed by atoms with E-state index in [0.29, 0.717) is 10.9 Å². The van der Waals surface area contributed by atoms with Crippen LogP contribution in [0.3, 0.4) is 0 Å². The van der Waals surface area contributed by atoms with E-state index in [-0.39, 0.29) is 12.0 Å². The number of hydrogen-bond acceptors (Lipinski definition) is 2. The quantitative estimate of drug-likeness (QED) is 0.889. The molecule has 3 nitrogen and oxygen atoms in total. The lowest BCUT2D eigenvalue weighted by Gasteiger charge is -2.41. The Kier molecular flexibility index (Phi) is 3.75. The second-order valence-electron chi connectivity index (χ2n) is 6.09. The maximum atomic E-state index is 11.1. The predicted octanol–water partition coefficient (Wildman–Crippen LogP) is 3.76. The maximum Gasteiger partial charge on any atom is 0.110 e. The van der Waals surface area contributed by atoms with Crippen LogP contribution in [-0.4, -0.2) is 14.9 Å². The molecule has 1 N–H and O–H groups in total. The third kappa shape index (κ3) is 2.19. The van der Waals surface area contributed by atoms with Crippen LogP contribution < -0.4 is 0 Å². The zero-order chi connectivity index (χ0) is 13.5. The van der Waals surface area contributed by atoms with Crippen molar-refractivity contribution in [3.63, 3.8) is 0 Å². The van der Waals surface area contributed by atoms with Crippen molar-refractivity contribution in [1.29, 1.82) is 0 Å². The van der Waals surface area contributed by atoms with Gasteiger partial charge in [0, 0.05) is 6.04 Å². The molecular weight excluding hydrogens is 248 g/mol. The molecule has 0 bridgehead atoms. The van der Waals surface area contributed by atoms with Crippen molar-refractivity contribution in [1.82, 2.24) is 9.78 Å². The molecule has 0 saturated heterocycles. The van der Waals surface area contributed by atoms with Crippen LogP contribution in [0.2, 0.25) is 5.02 Å². The van der Waals surface area contributed by atoms with Crippen LogP contribution in [0.4, 0.5) is 0 Å². The molecule has 2 rings (SSSR count). The minimum Gasteiger partial charge on any atom is -0.383 e. The largest absolute Gasteiger partial charge is 0.383 e. The molecule has 0 aliphatic heterocycles. The van der Waals surface area contributed by atoms with Gasteiger partial charge < -0.3 is 5.11 Å². The van der Waals surface area contributed by atoms with Gasteiger partial charge in [-0.1, -0.05) is 31.9 Å². The van der Waals surface area contributed by atoms with Gasteiger partial charge in [-0.05, 0) is 38.5 Å². The van der Waals surface area contributed by atoms with Crippen LogP contribution >= 0.6 is 11.6 Å². The van der Waals surface area contributed by atoms with Crippen LogP contribution in [-0.2, 0) is 5.60 Å². The van der Waals surface area contributed by atoms with E-state index in [0.717, 1.165) is 18.5 Å². The molecule has 4 heteroatoms. The fraction of sp³-hybridized carbons (Fsp3) is 0.786. The number of hydrogen-bond donors (Lipinski definition) is 1. The standard InChI is InChI=1S/C14H23ClN2O/c1-9(2)17-13(12(15)8-16-17)14(18)7-10(3)5-6-11(14)4/h8-11,18H,5-7H2,1-4H3. The van der Waals surface area contributed by atoms with Crippen molar-refractivity contribution in [3.8, 4) is 0 Å². The molecule has 1 heterocycles. The number of nitrogens with zero attached hydrogens (tertiary/aromatic N) is 2. The normalized spacial score (nSPS) is 33.1. The first-order chi connectivity index (χ1) is 8.36. The molecule has 1 aliphatic rings. The third-order valence-corrected chi connectivity index (χ3v) is 4.49. The highest BCUT2D eigenvalue weighted by molar-refractivity contribution is 6.31. The number of aromatic nitrogens is 2. The molecule has 1 saturated carbocycles. The average Bonchev–Trinajstić information content (AvgIpc) is 2.67. The molecule has 1 fully saturated rings. The molecule has 0 amide bonds. The summed E-state index contributed by atoms with van der Waals surface area (Å²) in [5, 5.41) is 16.0. The summed E-state index contributed by atoms with van der Waals surface area (Å²) in [7, 11) is 0. The van der Waals surface area contributed by atoms with E-state index in [1.165, 1.54) is 6.42 Å². The van der Waals surface area contributed by atoms with Crippen LogP contribution in [0.25, 0.3) is 0 Å². The van der Waals surface area contributed by atoms with E-state index in [1.807, 2.05) is 4.68 Å². The monoisotopic (exact) mass is 270 g/mol. The lowest BCUT2D eigenvalue weighted by molar-refractivity contribution is -0.0698. The van der Waals surface area contributed by atoms with E-state index < -0.39 is 5.60 Å². The Hall–Kier alpha value is -0.540. The second-order valence-corrected chi connectivity index (χ2v) is 6.50. The van der Waals surface area contributed by atoms with Crippen molar-refractivity contribution >= 4 is 11.6 Å². The van der Waals surface area contributed by atoms with Crippen molar-refractivity contribution in [2.24, 2.45) is 11.8 Å². The van der Waals surface area contributed by atoms with E-state index in [1.54, 1.807) is 6.20 Å². The minimum atomic E-state index is -0.838. The summed E-state index contributed by atoms with van der Waals surface area (Å²) < 4.78 is 1.87. The van der Waals surface area contributed by atoms with E-state index in [4.69, 9.17) is 11.6 Å². The molecule has 0 spiro atoms.